The van der Waals surface area contributed by atoms with Crippen molar-refractivity contribution < 1.29 is 4.79 Å². The number of nitrogens with zero attached hydrogens (tertiary/aromatic N) is 1. The van der Waals surface area contributed by atoms with E-state index < -0.39 is 0 Å². The van der Waals surface area contributed by atoms with E-state index in [9.17, 15) is 4.79 Å². The van der Waals surface area contributed by atoms with Gasteiger partial charge in [-0.15, -0.1) is 0 Å². The highest BCUT2D eigenvalue weighted by Crippen LogP contribution is 2.32. The summed E-state index contributed by atoms with van der Waals surface area (Å²) in [6.45, 7) is 0. The molecule has 2 aliphatic rings. The van der Waals surface area contributed by atoms with Crippen LogP contribution in [0.2, 0.25) is 0 Å². The number of rotatable bonds is 4. The Bertz CT molecular complexity index is 1060. The van der Waals surface area contributed by atoms with Gasteiger partial charge in [-0.3, -0.25) is 9.78 Å². The summed E-state index contributed by atoms with van der Waals surface area (Å²) in [6, 6.07) is 16.8. The van der Waals surface area contributed by atoms with Crippen LogP contribution in [0.5, 0.6) is 0 Å². The van der Waals surface area contributed by atoms with Crippen LogP contribution < -0.4 is 0 Å². The van der Waals surface area contributed by atoms with E-state index in [0.29, 0.717) is 6.42 Å². The maximum absolute atomic E-state index is 12.8. The molecule has 0 radical (unpaired) electrons. The second-order valence-electron chi connectivity index (χ2n) is 7.56. The Balaban J connectivity index is 1.37. The lowest BCUT2D eigenvalue weighted by Crippen LogP contribution is -2.04. The maximum atomic E-state index is 12.8. The Kier molecular flexibility index (Phi) is 3.97. The first-order valence-corrected chi connectivity index (χ1v) is 9.64. The molecule has 0 unspecified atom stereocenters. The minimum absolute atomic E-state index is 0.208. The summed E-state index contributed by atoms with van der Waals surface area (Å²) >= 11 is 0. The van der Waals surface area contributed by atoms with Crippen LogP contribution in [-0.2, 0) is 25.7 Å². The van der Waals surface area contributed by atoms with Gasteiger partial charge in [-0.1, -0.05) is 42.5 Å². The number of pyridine rings is 1. The molecule has 3 aromatic rings. The van der Waals surface area contributed by atoms with E-state index in [1.807, 2.05) is 18.3 Å². The fourth-order valence-electron chi connectivity index (χ4n) is 4.26. The number of Topliss-reactive ketones (excluding diaryl/α,β-unsaturated/α-hetero) is 1. The number of aromatic nitrogens is 1. The van der Waals surface area contributed by atoms with Crippen molar-refractivity contribution in [3.63, 3.8) is 0 Å². The molecule has 0 saturated carbocycles. The van der Waals surface area contributed by atoms with E-state index in [1.165, 1.54) is 39.8 Å². The van der Waals surface area contributed by atoms with Gasteiger partial charge in [0.25, 0.3) is 0 Å². The number of aryl methyl sites for hydroxylation is 2. The molecule has 0 N–H and O–H groups in total. The monoisotopic (exact) mass is 351 g/mol. The Labute approximate surface area is 159 Å². The van der Waals surface area contributed by atoms with Gasteiger partial charge in [0.05, 0.1) is 0 Å². The molecule has 27 heavy (non-hydrogen) atoms. The molecule has 0 bridgehead atoms. The highest BCUT2D eigenvalue weighted by atomic mass is 16.1. The lowest BCUT2D eigenvalue weighted by atomic mass is 9.97. The van der Waals surface area contributed by atoms with Crippen LogP contribution in [0.15, 0.2) is 60.9 Å². The summed E-state index contributed by atoms with van der Waals surface area (Å²) in [5.74, 6) is 0.208. The van der Waals surface area contributed by atoms with Gasteiger partial charge in [-0.2, -0.15) is 0 Å². The summed E-state index contributed by atoms with van der Waals surface area (Å²) in [6.07, 6.45) is 10.8. The molecule has 2 aliphatic carbocycles. The molecule has 2 nitrogen and oxygen atoms in total. The molecule has 132 valence electrons. The first-order valence-electron chi connectivity index (χ1n) is 9.64. The number of carbonyl (C=O) groups excluding carboxylic acids is 1. The molecular weight excluding hydrogens is 330 g/mol. The summed E-state index contributed by atoms with van der Waals surface area (Å²) in [4.78, 5) is 17.0. The van der Waals surface area contributed by atoms with Crippen molar-refractivity contribution in [2.24, 2.45) is 0 Å². The number of hydrogen-bond acceptors (Lipinski definition) is 2. The molecular formula is C25H21NO. The molecule has 1 heterocycles. The van der Waals surface area contributed by atoms with Crippen molar-refractivity contribution in [2.45, 2.75) is 32.1 Å². The van der Waals surface area contributed by atoms with Gasteiger partial charge in [0.2, 0.25) is 0 Å². The molecule has 0 saturated heterocycles. The van der Waals surface area contributed by atoms with Crippen molar-refractivity contribution in [1.82, 2.24) is 4.98 Å². The largest absolute Gasteiger partial charge is 0.294 e. The van der Waals surface area contributed by atoms with E-state index in [2.05, 4.69) is 47.5 Å². The number of carbonyl (C=O) groups is 1. The Morgan fingerprint density at radius 3 is 2.74 bits per heavy atom. The molecule has 0 fully saturated rings. The topological polar surface area (TPSA) is 30.0 Å². The molecule has 2 aromatic carbocycles. The minimum atomic E-state index is 0.208. The number of benzene rings is 2. The number of fused-ring (bicyclic) bond motifs is 2. The van der Waals surface area contributed by atoms with Gasteiger partial charge in [0, 0.05) is 24.4 Å². The molecule has 0 aliphatic heterocycles. The average molecular weight is 351 g/mol. The molecule has 2 heteroatoms. The van der Waals surface area contributed by atoms with Gasteiger partial charge in [0.15, 0.2) is 5.78 Å². The number of ketones is 1. The zero-order chi connectivity index (χ0) is 18.2. The minimum Gasteiger partial charge on any atom is -0.294 e. The van der Waals surface area contributed by atoms with E-state index in [0.717, 1.165) is 30.4 Å². The fourth-order valence-corrected chi connectivity index (χ4v) is 4.26. The van der Waals surface area contributed by atoms with Crippen LogP contribution in [-0.4, -0.2) is 10.8 Å². The number of allylic oxidation sites excluding steroid dienone is 1. The normalized spacial score (nSPS) is 14.6. The molecule has 5 rings (SSSR count). The third kappa shape index (κ3) is 3.12. The van der Waals surface area contributed by atoms with E-state index >= 15 is 0 Å². The van der Waals surface area contributed by atoms with Crippen LogP contribution in [0.4, 0.5) is 0 Å². The van der Waals surface area contributed by atoms with Gasteiger partial charge in [-0.05, 0) is 76.8 Å². The van der Waals surface area contributed by atoms with Gasteiger partial charge >= 0.3 is 0 Å². The zero-order valence-corrected chi connectivity index (χ0v) is 15.2. The summed E-state index contributed by atoms with van der Waals surface area (Å²) in [7, 11) is 0. The predicted molar refractivity (Wildman–Crippen MR) is 109 cm³/mol. The average Bonchev–Trinajstić information content (AvgIpc) is 3.34. The molecule has 1 aromatic heterocycles. The summed E-state index contributed by atoms with van der Waals surface area (Å²) in [5.41, 5.74) is 9.72. The van der Waals surface area contributed by atoms with Gasteiger partial charge < -0.3 is 0 Å². The third-order valence-electron chi connectivity index (χ3n) is 5.74. The quantitative estimate of drug-likeness (QED) is 0.613. The summed E-state index contributed by atoms with van der Waals surface area (Å²) < 4.78 is 0. The lowest BCUT2D eigenvalue weighted by Gasteiger charge is -2.06. The van der Waals surface area contributed by atoms with Crippen molar-refractivity contribution >= 4 is 17.4 Å². The van der Waals surface area contributed by atoms with E-state index in [4.69, 9.17) is 0 Å². The van der Waals surface area contributed by atoms with Crippen molar-refractivity contribution in [1.29, 1.82) is 0 Å². The van der Waals surface area contributed by atoms with Crippen LogP contribution >= 0.6 is 0 Å². The Morgan fingerprint density at radius 2 is 1.85 bits per heavy atom. The van der Waals surface area contributed by atoms with Crippen LogP contribution in [0.3, 0.4) is 0 Å². The highest BCUT2D eigenvalue weighted by Gasteiger charge is 2.17. The summed E-state index contributed by atoms with van der Waals surface area (Å²) in [5, 5.41) is 0. The maximum Gasteiger partial charge on any atom is 0.167 e. The third-order valence-corrected chi connectivity index (χ3v) is 5.74. The Hall–Kier alpha value is -3.00. The van der Waals surface area contributed by atoms with E-state index in [-0.39, 0.29) is 5.78 Å². The van der Waals surface area contributed by atoms with Crippen molar-refractivity contribution in [3.05, 3.63) is 99.9 Å². The highest BCUT2D eigenvalue weighted by molar-refractivity contribution is 5.98. The smallest absolute Gasteiger partial charge is 0.167 e. The number of hydrogen-bond donors (Lipinski definition) is 0. The molecule has 0 spiro atoms. The zero-order valence-electron chi connectivity index (χ0n) is 15.2. The Morgan fingerprint density at radius 1 is 0.963 bits per heavy atom. The van der Waals surface area contributed by atoms with Crippen molar-refractivity contribution in [3.8, 4) is 0 Å². The second kappa shape index (κ2) is 6.62. The first kappa shape index (κ1) is 16.2. The van der Waals surface area contributed by atoms with Crippen LogP contribution in [0, 0.1) is 0 Å². The van der Waals surface area contributed by atoms with Gasteiger partial charge in [0.1, 0.15) is 0 Å². The second-order valence-corrected chi connectivity index (χ2v) is 7.56. The SMILES string of the molecule is O=C(Cc1ccc2c(c1)C=C(c1cccnc1)C2)c1ccc2c(c1)CCC2. The standard InChI is InChI=1S/C25H21NO/c27-25(21-9-8-18-3-1-4-19(18)13-21)12-17-6-7-20-14-24(15-23(20)11-17)22-5-2-10-26-16-22/h2,5-11,13,15-16H,1,3-4,12,14H2. The molecule has 0 atom stereocenters. The fraction of sp³-hybridized carbons (Fsp3) is 0.200. The van der Waals surface area contributed by atoms with Crippen LogP contribution in [0.25, 0.3) is 11.6 Å². The van der Waals surface area contributed by atoms with Crippen LogP contribution in [0.1, 0.15) is 50.2 Å². The first-order chi connectivity index (χ1) is 13.3. The van der Waals surface area contributed by atoms with E-state index in [1.54, 1.807) is 6.20 Å². The molecule has 0 amide bonds. The van der Waals surface area contributed by atoms with Gasteiger partial charge in [-0.25, -0.2) is 0 Å². The predicted octanol–water partition coefficient (Wildman–Crippen LogP) is 5.09. The lowest BCUT2D eigenvalue weighted by molar-refractivity contribution is 0.0993. The van der Waals surface area contributed by atoms with Crippen molar-refractivity contribution in [2.75, 3.05) is 0 Å².